The van der Waals surface area contributed by atoms with Gasteiger partial charge in [-0.15, -0.1) is 0 Å². The fourth-order valence-corrected chi connectivity index (χ4v) is 1.83. The van der Waals surface area contributed by atoms with Gasteiger partial charge in [-0.05, 0) is 28.1 Å². The summed E-state index contributed by atoms with van der Waals surface area (Å²) in [5.74, 6) is -3.20. The Labute approximate surface area is 126 Å². The molecule has 10 heteroatoms. The molecule has 1 aromatic carbocycles. The average molecular weight is 360 g/mol. The number of nitro benzene ring substituents is 1. The summed E-state index contributed by atoms with van der Waals surface area (Å²) in [6.07, 6.45) is -0.584. The lowest BCUT2D eigenvalue weighted by molar-refractivity contribution is -0.385. The highest BCUT2D eigenvalue weighted by atomic mass is 79.9. The number of amides is 2. The lowest BCUT2D eigenvalue weighted by Crippen LogP contribution is -2.43. The SMILES string of the molecule is NC(=O)C[C@@H](NC(=O)c1ccc(Br)c([N+](=O)[O-])c1)C(=O)O. The number of carboxylic acid groups (broad SMARTS) is 1. The summed E-state index contributed by atoms with van der Waals surface area (Å²) in [5, 5.41) is 21.7. The Kier molecular flexibility index (Phi) is 5.36. The van der Waals surface area contributed by atoms with E-state index in [-0.39, 0.29) is 15.7 Å². The van der Waals surface area contributed by atoms with Crippen LogP contribution in [0.25, 0.3) is 0 Å². The van der Waals surface area contributed by atoms with Crippen LogP contribution in [0.2, 0.25) is 0 Å². The first-order chi connectivity index (χ1) is 9.72. The van der Waals surface area contributed by atoms with Gasteiger partial charge in [0, 0.05) is 11.6 Å². The van der Waals surface area contributed by atoms with Crippen LogP contribution in [-0.2, 0) is 9.59 Å². The van der Waals surface area contributed by atoms with Crippen LogP contribution in [0.3, 0.4) is 0 Å². The zero-order valence-corrected chi connectivity index (χ0v) is 12.0. The molecule has 0 unspecified atom stereocenters. The number of carbonyl (C=O) groups is 3. The fourth-order valence-electron chi connectivity index (χ4n) is 1.44. The van der Waals surface area contributed by atoms with Gasteiger partial charge >= 0.3 is 5.97 Å². The molecule has 0 saturated carbocycles. The molecule has 0 saturated heterocycles. The van der Waals surface area contributed by atoms with Crippen molar-refractivity contribution in [2.75, 3.05) is 0 Å². The van der Waals surface area contributed by atoms with Crippen LogP contribution in [0.5, 0.6) is 0 Å². The average Bonchev–Trinajstić information content (AvgIpc) is 2.37. The summed E-state index contributed by atoms with van der Waals surface area (Å²) in [7, 11) is 0. The summed E-state index contributed by atoms with van der Waals surface area (Å²) >= 11 is 2.96. The molecule has 0 radical (unpaired) electrons. The lowest BCUT2D eigenvalue weighted by Gasteiger charge is -2.12. The van der Waals surface area contributed by atoms with E-state index in [4.69, 9.17) is 10.8 Å². The topological polar surface area (TPSA) is 153 Å². The number of carboxylic acids is 1. The Balaban J connectivity index is 2.97. The second-order valence-electron chi connectivity index (χ2n) is 3.96. The predicted molar refractivity (Wildman–Crippen MR) is 73.5 cm³/mol. The van der Waals surface area contributed by atoms with E-state index in [2.05, 4.69) is 21.2 Å². The molecule has 0 aromatic heterocycles. The third-order valence-electron chi connectivity index (χ3n) is 2.41. The van der Waals surface area contributed by atoms with Gasteiger partial charge in [-0.3, -0.25) is 19.7 Å². The Bertz CT molecular complexity index is 618. The number of aliphatic carboxylic acids is 1. The van der Waals surface area contributed by atoms with E-state index in [1.165, 1.54) is 12.1 Å². The molecule has 9 nitrogen and oxygen atoms in total. The van der Waals surface area contributed by atoms with Crippen LogP contribution >= 0.6 is 15.9 Å². The maximum absolute atomic E-state index is 11.9. The van der Waals surface area contributed by atoms with Crippen LogP contribution in [0.4, 0.5) is 5.69 Å². The molecule has 1 aromatic rings. The van der Waals surface area contributed by atoms with Crippen LogP contribution < -0.4 is 11.1 Å². The maximum atomic E-state index is 11.9. The second kappa shape index (κ2) is 6.79. The van der Waals surface area contributed by atoms with E-state index in [0.717, 1.165) is 6.07 Å². The van der Waals surface area contributed by atoms with Crippen molar-refractivity contribution in [1.82, 2.24) is 5.32 Å². The summed E-state index contributed by atoms with van der Waals surface area (Å²) < 4.78 is 0.177. The largest absolute Gasteiger partial charge is 0.480 e. The first-order valence-corrected chi connectivity index (χ1v) is 6.27. The van der Waals surface area contributed by atoms with Gasteiger partial charge in [0.05, 0.1) is 15.8 Å². The standard InChI is InChI=1S/C11H10BrN3O6/c12-6-2-1-5(3-8(6)15(20)21)10(17)14-7(11(18)19)4-9(13)16/h1-3,7H,4H2,(H2,13,16)(H,14,17)(H,18,19)/t7-/m1/s1. The zero-order chi connectivity index (χ0) is 16.2. The number of primary amides is 1. The molecule has 0 bridgehead atoms. The Morgan fingerprint density at radius 3 is 2.52 bits per heavy atom. The van der Waals surface area contributed by atoms with Crippen LogP contribution in [0.15, 0.2) is 22.7 Å². The molecule has 2 amide bonds. The van der Waals surface area contributed by atoms with E-state index in [1.807, 2.05) is 0 Å². The van der Waals surface area contributed by atoms with E-state index >= 15 is 0 Å². The van der Waals surface area contributed by atoms with Crippen molar-refractivity contribution >= 4 is 39.4 Å². The first kappa shape index (κ1) is 16.6. The number of rotatable bonds is 6. The van der Waals surface area contributed by atoms with Crippen LogP contribution in [0.1, 0.15) is 16.8 Å². The van der Waals surface area contributed by atoms with E-state index in [9.17, 15) is 24.5 Å². The van der Waals surface area contributed by atoms with Crippen LogP contribution in [-0.4, -0.2) is 33.9 Å². The van der Waals surface area contributed by atoms with Gasteiger partial charge in [-0.25, -0.2) is 4.79 Å². The molecule has 0 aliphatic rings. The van der Waals surface area contributed by atoms with E-state index in [0.29, 0.717) is 0 Å². The number of hydrogen-bond donors (Lipinski definition) is 3. The second-order valence-corrected chi connectivity index (χ2v) is 4.81. The van der Waals surface area contributed by atoms with Crippen molar-refractivity contribution in [2.45, 2.75) is 12.5 Å². The molecule has 112 valence electrons. The quantitative estimate of drug-likeness (QED) is 0.494. The number of benzene rings is 1. The molecule has 0 aliphatic heterocycles. The normalized spacial score (nSPS) is 11.5. The number of hydrogen-bond acceptors (Lipinski definition) is 5. The van der Waals surface area contributed by atoms with Gasteiger partial charge in [-0.2, -0.15) is 0 Å². The molecule has 0 spiro atoms. The Morgan fingerprint density at radius 1 is 1.43 bits per heavy atom. The highest BCUT2D eigenvalue weighted by molar-refractivity contribution is 9.10. The van der Waals surface area contributed by atoms with Crippen molar-refractivity contribution in [3.8, 4) is 0 Å². The molecule has 1 atom stereocenters. The minimum atomic E-state index is -1.50. The highest BCUT2D eigenvalue weighted by Crippen LogP contribution is 2.25. The molecule has 21 heavy (non-hydrogen) atoms. The smallest absolute Gasteiger partial charge is 0.326 e. The summed E-state index contributed by atoms with van der Waals surface area (Å²) in [5.41, 5.74) is 4.43. The monoisotopic (exact) mass is 359 g/mol. The highest BCUT2D eigenvalue weighted by Gasteiger charge is 2.24. The van der Waals surface area contributed by atoms with Gasteiger partial charge in [0.15, 0.2) is 0 Å². The minimum absolute atomic E-state index is 0.111. The molecule has 0 aliphatic carbocycles. The Hall–Kier alpha value is -2.49. The Morgan fingerprint density at radius 2 is 2.05 bits per heavy atom. The van der Waals surface area contributed by atoms with Crippen LogP contribution in [0, 0.1) is 10.1 Å². The van der Waals surface area contributed by atoms with Crippen molar-refractivity contribution < 1.29 is 24.4 Å². The predicted octanol–water partition coefficient (Wildman–Crippen LogP) is 0.416. The summed E-state index contributed by atoms with van der Waals surface area (Å²) in [4.78, 5) is 43.6. The van der Waals surface area contributed by atoms with Crippen molar-refractivity contribution in [3.63, 3.8) is 0 Å². The van der Waals surface area contributed by atoms with Crippen molar-refractivity contribution in [3.05, 3.63) is 38.3 Å². The molecular formula is C11H10BrN3O6. The first-order valence-electron chi connectivity index (χ1n) is 5.48. The fraction of sp³-hybridized carbons (Fsp3) is 0.182. The van der Waals surface area contributed by atoms with Gasteiger partial charge in [-0.1, -0.05) is 0 Å². The number of nitrogens with zero attached hydrogens (tertiary/aromatic N) is 1. The van der Waals surface area contributed by atoms with Gasteiger partial charge in [0.1, 0.15) is 6.04 Å². The third-order valence-corrected chi connectivity index (χ3v) is 3.08. The number of carbonyl (C=O) groups excluding carboxylic acids is 2. The number of nitro groups is 1. The number of nitrogens with one attached hydrogen (secondary N) is 1. The molecule has 0 heterocycles. The lowest BCUT2D eigenvalue weighted by atomic mass is 10.1. The molecule has 4 N–H and O–H groups in total. The molecular weight excluding hydrogens is 350 g/mol. The summed E-state index contributed by atoms with van der Waals surface area (Å²) in [6.45, 7) is 0. The third kappa shape index (κ3) is 4.53. The number of halogens is 1. The van der Waals surface area contributed by atoms with Crippen molar-refractivity contribution in [2.24, 2.45) is 5.73 Å². The zero-order valence-electron chi connectivity index (χ0n) is 10.4. The molecule has 1 rings (SSSR count). The van der Waals surface area contributed by atoms with Gasteiger partial charge < -0.3 is 16.2 Å². The van der Waals surface area contributed by atoms with Crippen molar-refractivity contribution in [1.29, 1.82) is 0 Å². The molecule has 0 fully saturated rings. The summed E-state index contributed by atoms with van der Waals surface area (Å²) in [6, 6.07) is 2.05. The van der Waals surface area contributed by atoms with E-state index < -0.39 is 35.2 Å². The minimum Gasteiger partial charge on any atom is -0.480 e. The van der Waals surface area contributed by atoms with E-state index in [1.54, 1.807) is 0 Å². The van der Waals surface area contributed by atoms with Gasteiger partial charge in [0.2, 0.25) is 5.91 Å². The number of nitrogens with two attached hydrogens (primary N) is 1. The maximum Gasteiger partial charge on any atom is 0.326 e. The van der Waals surface area contributed by atoms with Gasteiger partial charge in [0.25, 0.3) is 11.6 Å².